The van der Waals surface area contributed by atoms with Crippen LogP contribution in [-0.2, 0) is 19.1 Å². The van der Waals surface area contributed by atoms with E-state index in [9.17, 15) is 18.3 Å². The minimum atomic E-state index is -4.34. The lowest BCUT2D eigenvalue weighted by Crippen LogP contribution is -2.38. The first-order valence-corrected chi connectivity index (χ1v) is 7.10. The second-order valence-electron chi connectivity index (χ2n) is 5.57. The number of halogens is 3. The van der Waals surface area contributed by atoms with Gasteiger partial charge in [-0.05, 0) is 29.3 Å². The fraction of sp³-hybridized carbons (Fsp3) is 0.294. The molecule has 2 aromatic rings. The van der Waals surface area contributed by atoms with Crippen molar-refractivity contribution >= 4 is 5.69 Å². The van der Waals surface area contributed by atoms with Gasteiger partial charge < -0.3 is 10.0 Å². The number of alkyl halides is 3. The first-order chi connectivity index (χ1) is 10.4. The van der Waals surface area contributed by atoms with E-state index < -0.39 is 17.8 Å². The van der Waals surface area contributed by atoms with Crippen LogP contribution in [0.1, 0.15) is 16.7 Å². The van der Waals surface area contributed by atoms with Gasteiger partial charge in [0.15, 0.2) is 0 Å². The largest absolute Gasteiger partial charge is 0.416 e. The number of hydrogen-bond acceptors (Lipinski definition) is 2. The highest BCUT2D eigenvalue weighted by atomic mass is 19.4. The van der Waals surface area contributed by atoms with Crippen molar-refractivity contribution in [1.82, 2.24) is 0 Å². The second kappa shape index (κ2) is 5.65. The summed E-state index contributed by atoms with van der Waals surface area (Å²) in [5.74, 6) is 0. The molecule has 116 valence electrons. The number of aliphatic hydroxyl groups is 1. The summed E-state index contributed by atoms with van der Waals surface area (Å²) in [6.07, 6.45) is -4.26. The van der Waals surface area contributed by atoms with Crippen molar-refractivity contribution in [2.45, 2.75) is 25.2 Å². The maximum atomic E-state index is 12.8. The third kappa shape index (κ3) is 3.09. The third-order valence-corrected chi connectivity index (χ3v) is 3.85. The maximum absolute atomic E-state index is 12.8. The normalized spacial score (nSPS) is 18.2. The summed E-state index contributed by atoms with van der Waals surface area (Å²) in [5.41, 5.74) is 1.94. The number of rotatable bonds is 2. The molecule has 2 nitrogen and oxygen atoms in total. The summed E-state index contributed by atoms with van der Waals surface area (Å²) < 4.78 is 38.4. The van der Waals surface area contributed by atoms with Gasteiger partial charge in [0, 0.05) is 25.2 Å². The van der Waals surface area contributed by atoms with Crippen LogP contribution in [0.15, 0.2) is 48.5 Å². The van der Waals surface area contributed by atoms with Gasteiger partial charge in [-0.1, -0.05) is 30.3 Å². The molecule has 0 aliphatic carbocycles. The Hall–Kier alpha value is -2.01. The molecule has 1 N–H and O–H groups in total. The van der Waals surface area contributed by atoms with E-state index in [0.717, 1.165) is 17.3 Å². The van der Waals surface area contributed by atoms with Crippen LogP contribution in [0, 0.1) is 0 Å². The molecule has 0 saturated heterocycles. The summed E-state index contributed by atoms with van der Waals surface area (Å²) >= 11 is 0. The zero-order chi connectivity index (χ0) is 15.7. The molecule has 0 amide bonds. The Labute approximate surface area is 126 Å². The summed E-state index contributed by atoms with van der Waals surface area (Å²) in [6, 6.07) is 13.0. The van der Waals surface area contributed by atoms with Crippen LogP contribution in [-0.4, -0.2) is 17.8 Å². The lowest BCUT2D eigenvalue weighted by Gasteiger charge is -2.34. The summed E-state index contributed by atoms with van der Waals surface area (Å²) in [6.45, 7) is 0.769. The molecule has 22 heavy (non-hydrogen) atoms. The van der Waals surface area contributed by atoms with Crippen molar-refractivity contribution in [3.8, 4) is 0 Å². The number of nitrogens with zero attached hydrogens (tertiary/aromatic N) is 1. The maximum Gasteiger partial charge on any atom is 0.416 e. The molecule has 0 fully saturated rings. The minimum absolute atomic E-state index is 0.345. The second-order valence-corrected chi connectivity index (χ2v) is 5.57. The van der Waals surface area contributed by atoms with Crippen LogP contribution in [0.5, 0.6) is 0 Å². The molecule has 0 aromatic heterocycles. The predicted octanol–water partition coefficient (Wildman–Crippen LogP) is 3.63. The molecule has 0 radical (unpaired) electrons. The molecule has 1 aliphatic rings. The van der Waals surface area contributed by atoms with E-state index in [4.69, 9.17) is 0 Å². The molecule has 1 atom stereocenters. The van der Waals surface area contributed by atoms with Crippen LogP contribution in [0.4, 0.5) is 18.9 Å². The molecule has 0 bridgehead atoms. The molecular weight excluding hydrogens is 291 g/mol. The lowest BCUT2D eigenvalue weighted by molar-refractivity contribution is -0.137. The Kier molecular flexibility index (Phi) is 3.83. The number of benzene rings is 2. The van der Waals surface area contributed by atoms with Gasteiger partial charge >= 0.3 is 6.18 Å². The van der Waals surface area contributed by atoms with E-state index in [-0.39, 0.29) is 0 Å². The van der Waals surface area contributed by atoms with Gasteiger partial charge in [-0.25, -0.2) is 0 Å². The number of para-hydroxylation sites is 1. The van der Waals surface area contributed by atoms with Gasteiger partial charge in [0.25, 0.3) is 0 Å². The Morgan fingerprint density at radius 3 is 2.64 bits per heavy atom. The smallest absolute Gasteiger partial charge is 0.391 e. The number of fused-ring (bicyclic) bond motifs is 1. The summed E-state index contributed by atoms with van der Waals surface area (Å²) in [5, 5.41) is 9.97. The van der Waals surface area contributed by atoms with Crippen LogP contribution >= 0.6 is 0 Å². The first kappa shape index (κ1) is 14.9. The highest BCUT2D eigenvalue weighted by Crippen LogP contribution is 2.31. The number of β-amino-alcohol motifs (C(OH)–C–C–N with tert-alkyl or cyclic N) is 1. The molecule has 1 unspecified atom stereocenters. The SMILES string of the molecule is OC1Cc2ccccc2N(Cc2cccc(C(F)(F)F)c2)C1. The standard InChI is InChI=1S/C17H16F3NO/c18-17(19,20)14-6-3-4-12(8-14)10-21-11-15(22)9-13-5-1-2-7-16(13)21/h1-8,15,22H,9-11H2. The Morgan fingerprint density at radius 1 is 1.09 bits per heavy atom. The van der Waals surface area contributed by atoms with E-state index >= 15 is 0 Å². The fourth-order valence-corrected chi connectivity index (χ4v) is 2.88. The van der Waals surface area contributed by atoms with Crippen molar-refractivity contribution in [2.75, 3.05) is 11.4 Å². The lowest BCUT2D eigenvalue weighted by atomic mass is 9.99. The van der Waals surface area contributed by atoms with Gasteiger partial charge in [-0.2, -0.15) is 13.2 Å². The first-order valence-electron chi connectivity index (χ1n) is 7.10. The fourth-order valence-electron chi connectivity index (χ4n) is 2.88. The topological polar surface area (TPSA) is 23.5 Å². The van der Waals surface area contributed by atoms with Crippen molar-refractivity contribution in [2.24, 2.45) is 0 Å². The molecule has 3 rings (SSSR count). The molecule has 0 saturated carbocycles. The van der Waals surface area contributed by atoms with E-state index in [1.165, 1.54) is 12.1 Å². The van der Waals surface area contributed by atoms with E-state index in [2.05, 4.69) is 0 Å². The molecule has 1 aliphatic heterocycles. The summed E-state index contributed by atoms with van der Waals surface area (Å²) in [7, 11) is 0. The number of anilines is 1. The van der Waals surface area contributed by atoms with E-state index in [1.807, 2.05) is 29.2 Å². The van der Waals surface area contributed by atoms with Gasteiger partial charge in [0.05, 0.1) is 11.7 Å². The molecule has 5 heteroatoms. The molecular formula is C17H16F3NO. The molecule has 0 spiro atoms. The highest BCUT2D eigenvalue weighted by molar-refractivity contribution is 5.56. The average Bonchev–Trinajstić information content (AvgIpc) is 2.46. The quantitative estimate of drug-likeness (QED) is 0.916. The Bertz CT molecular complexity index is 669. The van der Waals surface area contributed by atoms with Gasteiger partial charge in [-0.15, -0.1) is 0 Å². The van der Waals surface area contributed by atoms with Crippen LogP contribution < -0.4 is 4.90 Å². The van der Waals surface area contributed by atoms with Crippen molar-refractivity contribution in [1.29, 1.82) is 0 Å². The molecule has 1 heterocycles. The van der Waals surface area contributed by atoms with Crippen LogP contribution in [0.25, 0.3) is 0 Å². The minimum Gasteiger partial charge on any atom is -0.391 e. The van der Waals surface area contributed by atoms with Crippen molar-refractivity contribution in [3.63, 3.8) is 0 Å². The van der Waals surface area contributed by atoms with Crippen LogP contribution in [0.2, 0.25) is 0 Å². The average molecular weight is 307 g/mol. The van der Waals surface area contributed by atoms with Crippen molar-refractivity contribution in [3.05, 3.63) is 65.2 Å². The highest BCUT2D eigenvalue weighted by Gasteiger charge is 2.30. The van der Waals surface area contributed by atoms with Crippen molar-refractivity contribution < 1.29 is 18.3 Å². The van der Waals surface area contributed by atoms with Gasteiger partial charge in [-0.3, -0.25) is 0 Å². The zero-order valence-electron chi connectivity index (χ0n) is 11.8. The van der Waals surface area contributed by atoms with Crippen LogP contribution in [0.3, 0.4) is 0 Å². The predicted molar refractivity (Wildman–Crippen MR) is 78.6 cm³/mol. The monoisotopic (exact) mass is 307 g/mol. The zero-order valence-corrected chi connectivity index (χ0v) is 11.8. The van der Waals surface area contributed by atoms with E-state index in [0.29, 0.717) is 25.1 Å². The van der Waals surface area contributed by atoms with Gasteiger partial charge in [0.1, 0.15) is 0 Å². The summed E-state index contributed by atoms with van der Waals surface area (Å²) in [4.78, 5) is 1.93. The number of aliphatic hydroxyl groups excluding tert-OH is 1. The molecule has 2 aromatic carbocycles. The van der Waals surface area contributed by atoms with Gasteiger partial charge in [0.2, 0.25) is 0 Å². The Balaban J connectivity index is 1.88. The Morgan fingerprint density at radius 2 is 1.86 bits per heavy atom. The van der Waals surface area contributed by atoms with E-state index in [1.54, 1.807) is 6.07 Å². The third-order valence-electron chi connectivity index (χ3n) is 3.85. The number of hydrogen-bond donors (Lipinski definition) is 1.